The molecule has 1 aliphatic heterocycles. The first-order valence-electron chi connectivity index (χ1n) is 8.56. The van der Waals surface area contributed by atoms with Crippen LogP contribution in [0.2, 0.25) is 0 Å². The topological polar surface area (TPSA) is 71.2 Å². The third-order valence-electron chi connectivity index (χ3n) is 4.69. The van der Waals surface area contributed by atoms with Gasteiger partial charge in [-0.25, -0.2) is 0 Å². The van der Waals surface area contributed by atoms with Crippen LogP contribution in [0.5, 0.6) is 0 Å². The smallest absolute Gasteiger partial charge is 0.229 e. The monoisotopic (exact) mass is 315 g/mol. The summed E-state index contributed by atoms with van der Waals surface area (Å²) in [6.07, 6.45) is 6.31. The number of rotatable bonds is 3. The van der Waals surface area contributed by atoms with Crippen LogP contribution in [0.4, 0.5) is 0 Å². The maximum absolute atomic E-state index is 8.75. The molecule has 23 heavy (non-hydrogen) atoms. The molecule has 2 aromatic rings. The van der Waals surface area contributed by atoms with Crippen molar-refractivity contribution in [1.29, 1.82) is 0 Å². The zero-order valence-electron chi connectivity index (χ0n) is 13.4. The largest absolute Gasteiger partial charge is 0.388 e. The van der Waals surface area contributed by atoms with Gasteiger partial charge in [0.25, 0.3) is 0 Å². The van der Waals surface area contributed by atoms with E-state index in [1.807, 2.05) is 0 Å². The fourth-order valence-corrected chi connectivity index (χ4v) is 3.03. The first kappa shape index (κ1) is 16.1. The van der Waals surface area contributed by atoms with Crippen LogP contribution in [-0.4, -0.2) is 28.3 Å². The molecule has 1 aromatic heterocycles. The Morgan fingerprint density at radius 2 is 1.78 bits per heavy atom. The summed E-state index contributed by atoms with van der Waals surface area (Å²) in [7, 11) is 0. The first-order chi connectivity index (χ1) is 11.4. The predicted octanol–water partition coefficient (Wildman–Crippen LogP) is 2.98. The van der Waals surface area contributed by atoms with Crippen LogP contribution in [0.3, 0.4) is 0 Å². The minimum Gasteiger partial charge on any atom is -0.388 e. The van der Waals surface area contributed by atoms with Gasteiger partial charge in [-0.1, -0.05) is 41.9 Å². The highest BCUT2D eigenvalue weighted by Crippen LogP contribution is 2.35. The Labute approximate surface area is 137 Å². The number of piperidine rings is 1. The van der Waals surface area contributed by atoms with E-state index in [1.165, 1.54) is 24.8 Å². The molecule has 1 saturated heterocycles. The van der Waals surface area contributed by atoms with Crippen LogP contribution in [0, 0.1) is 0 Å². The zero-order chi connectivity index (χ0) is 15.9. The third-order valence-corrected chi connectivity index (χ3v) is 4.69. The van der Waals surface area contributed by atoms with Gasteiger partial charge in [0.1, 0.15) is 6.61 Å². The Morgan fingerprint density at radius 1 is 1.04 bits per heavy atom. The lowest BCUT2D eigenvalue weighted by atomic mass is 9.80. The van der Waals surface area contributed by atoms with Crippen molar-refractivity contribution >= 4 is 0 Å². The van der Waals surface area contributed by atoms with Crippen LogP contribution in [-0.2, 0) is 6.61 Å². The van der Waals surface area contributed by atoms with Gasteiger partial charge < -0.3 is 14.9 Å². The summed E-state index contributed by atoms with van der Waals surface area (Å²) in [6.45, 7) is 1.86. The van der Waals surface area contributed by atoms with Crippen molar-refractivity contribution in [2.75, 3.05) is 13.1 Å². The number of benzene rings is 1. The van der Waals surface area contributed by atoms with Crippen molar-refractivity contribution in [1.82, 2.24) is 15.5 Å². The van der Waals surface area contributed by atoms with Crippen LogP contribution in [0.15, 0.2) is 34.9 Å². The van der Waals surface area contributed by atoms with Gasteiger partial charge in [0.2, 0.25) is 5.89 Å². The van der Waals surface area contributed by atoms with E-state index in [-0.39, 0.29) is 6.61 Å². The summed E-state index contributed by atoms with van der Waals surface area (Å²) in [6, 6.07) is 10.8. The maximum Gasteiger partial charge on any atom is 0.229 e. The molecule has 1 saturated carbocycles. The normalized spacial score (nSPS) is 18.8. The highest BCUT2D eigenvalue weighted by Gasteiger charge is 2.21. The molecule has 124 valence electrons. The molecule has 0 radical (unpaired) electrons. The van der Waals surface area contributed by atoms with Gasteiger partial charge in [-0.15, -0.1) is 0 Å². The minimum absolute atomic E-state index is 0.144. The van der Waals surface area contributed by atoms with E-state index in [0.29, 0.717) is 17.6 Å². The summed E-state index contributed by atoms with van der Waals surface area (Å²) >= 11 is 0. The van der Waals surface area contributed by atoms with E-state index >= 15 is 0 Å². The van der Waals surface area contributed by atoms with Crippen LogP contribution >= 0.6 is 0 Å². The molecule has 0 bridgehead atoms. The molecule has 5 nitrogen and oxygen atoms in total. The molecule has 2 fully saturated rings. The van der Waals surface area contributed by atoms with E-state index in [0.717, 1.165) is 31.8 Å². The van der Waals surface area contributed by atoms with Crippen LogP contribution in [0.1, 0.15) is 61.2 Å². The Bertz CT molecular complexity index is 575. The van der Waals surface area contributed by atoms with Crippen molar-refractivity contribution in [2.45, 2.75) is 50.5 Å². The molecule has 2 heterocycles. The van der Waals surface area contributed by atoms with E-state index in [2.05, 4.69) is 45.8 Å². The highest BCUT2D eigenvalue weighted by atomic mass is 16.5. The lowest BCUT2D eigenvalue weighted by Crippen LogP contribution is -2.26. The van der Waals surface area contributed by atoms with E-state index in [9.17, 15) is 0 Å². The van der Waals surface area contributed by atoms with Gasteiger partial charge >= 0.3 is 0 Å². The van der Waals surface area contributed by atoms with Gasteiger partial charge in [-0.05, 0) is 50.3 Å². The molecule has 4 rings (SSSR count). The molecule has 2 aliphatic rings. The Hall–Kier alpha value is -1.72. The second-order valence-electron chi connectivity index (χ2n) is 6.27. The number of hydrogen-bond donors (Lipinski definition) is 2. The molecule has 5 heteroatoms. The first-order valence-corrected chi connectivity index (χ1v) is 8.56. The summed E-state index contributed by atoms with van der Waals surface area (Å²) in [5.74, 6) is 2.31. The molecule has 2 N–H and O–H groups in total. The Morgan fingerprint density at radius 3 is 2.35 bits per heavy atom. The van der Waals surface area contributed by atoms with E-state index in [1.54, 1.807) is 0 Å². The van der Waals surface area contributed by atoms with Crippen LogP contribution < -0.4 is 5.32 Å². The van der Waals surface area contributed by atoms with Crippen molar-refractivity contribution in [3.05, 3.63) is 47.6 Å². The molecule has 0 atom stereocenters. The summed E-state index contributed by atoms with van der Waals surface area (Å²) in [4.78, 5) is 4.10. The number of hydrogen-bond acceptors (Lipinski definition) is 5. The van der Waals surface area contributed by atoms with Crippen molar-refractivity contribution < 1.29 is 9.63 Å². The highest BCUT2D eigenvalue weighted by molar-refractivity contribution is 5.20. The third kappa shape index (κ3) is 4.39. The lowest BCUT2D eigenvalue weighted by molar-refractivity contribution is 0.261. The number of aromatic nitrogens is 2. The predicted molar refractivity (Wildman–Crippen MR) is 88.1 cm³/mol. The quantitative estimate of drug-likeness (QED) is 0.911. The van der Waals surface area contributed by atoms with Crippen molar-refractivity contribution in [2.24, 2.45) is 0 Å². The molecule has 0 unspecified atom stereocenters. The lowest BCUT2D eigenvalue weighted by Gasteiger charge is -2.25. The van der Waals surface area contributed by atoms with E-state index in [4.69, 9.17) is 9.63 Å². The van der Waals surface area contributed by atoms with E-state index < -0.39 is 0 Å². The second-order valence-corrected chi connectivity index (χ2v) is 6.27. The van der Waals surface area contributed by atoms with Crippen LogP contribution in [0.25, 0.3) is 0 Å². The van der Waals surface area contributed by atoms with Gasteiger partial charge in [-0.3, -0.25) is 0 Å². The standard InChI is InChI=1S/C10H12.C8H13N3O2/c1-2-5-9(6-3-1)10-7-4-8-10;12-5-7-10-8(13-11-7)6-1-3-9-4-2-6/h1-3,5-6,10H,4,7-8H2;6,9,12H,1-5H2. The number of nitrogens with zero attached hydrogens (tertiary/aromatic N) is 2. The second kappa shape index (κ2) is 8.22. The summed E-state index contributed by atoms with van der Waals surface area (Å²) < 4.78 is 5.05. The van der Waals surface area contributed by atoms with Gasteiger partial charge in [0, 0.05) is 5.92 Å². The molecule has 1 aromatic carbocycles. The summed E-state index contributed by atoms with van der Waals surface area (Å²) in [5.41, 5.74) is 1.54. The number of aliphatic hydroxyl groups excluding tert-OH is 1. The summed E-state index contributed by atoms with van der Waals surface area (Å²) in [5, 5.41) is 15.7. The molecular formula is C18H25N3O2. The van der Waals surface area contributed by atoms with Crippen molar-refractivity contribution in [3.8, 4) is 0 Å². The fourth-order valence-electron chi connectivity index (χ4n) is 3.03. The Balaban J connectivity index is 0.000000140. The molecule has 0 amide bonds. The van der Waals surface area contributed by atoms with Crippen molar-refractivity contribution in [3.63, 3.8) is 0 Å². The molecule has 1 aliphatic carbocycles. The average Bonchev–Trinajstić information content (AvgIpc) is 3.05. The van der Waals surface area contributed by atoms with Gasteiger partial charge in [0.05, 0.1) is 0 Å². The Kier molecular flexibility index (Phi) is 5.77. The number of nitrogens with one attached hydrogen (secondary N) is 1. The number of aliphatic hydroxyl groups is 1. The fraction of sp³-hybridized carbons (Fsp3) is 0.556. The SMILES string of the molecule is OCc1noc(C2CCNCC2)n1.c1ccc(C2CCC2)cc1. The zero-order valence-corrected chi connectivity index (χ0v) is 13.4. The average molecular weight is 315 g/mol. The van der Waals surface area contributed by atoms with Gasteiger partial charge in [-0.2, -0.15) is 4.98 Å². The maximum atomic E-state index is 8.75. The molecule has 0 spiro atoms. The minimum atomic E-state index is -0.144. The molecular weight excluding hydrogens is 290 g/mol. The van der Waals surface area contributed by atoms with Gasteiger partial charge in [0.15, 0.2) is 5.82 Å².